The van der Waals surface area contributed by atoms with Gasteiger partial charge in [-0.2, -0.15) is 0 Å². The molecule has 2 aliphatic heterocycles. The highest BCUT2D eigenvalue weighted by atomic mass is 35.5. The number of benzene rings is 1. The molecule has 0 bridgehead atoms. The molecule has 32 heavy (non-hydrogen) atoms. The lowest BCUT2D eigenvalue weighted by Crippen LogP contribution is -2.41. The lowest BCUT2D eigenvalue weighted by molar-refractivity contribution is 0.320. The molecule has 10 heteroatoms. The van der Waals surface area contributed by atoms with E-state index in [1.54, 1.807) is 6.08 Å². The second-order valence-corrected chi connectivity index (χ2v) is 8.72. The Balaban J connectivity index is 1.84. The molecule has 0 aliphatic carbocycles. The Morgan fingerprint density at radius 2 is 2.03 bits per heavy atom. The average molecular weight is 482 g/mol. The topological polar surface area (TPSA) is 104 Å². The SMILES string of the molecule is C=NCC(=N\CC1CCNCC1)/C(N)=C/C1=C(N)NCCN1Cc1c(Cl)ccc(F)c1Cl. The maximum atomic E-state index is 14.0. The number of piperidine rings is 1. The molecule has 0 unspecified atom stereocenters. The van der Waals surface area contributed by atoms with Crippen molar-refractivity contribution in [2.24, 2.45) is 27.4 Å². The van der Waals surface area contributed by atoms with E-state index < -0.39 is 5.82 Å². The molecule has 0 atom stereocenters. The van der Waals surface area contributed by atoms with Crippen LogP contribution in [0.2, 0.25) is 10.0 Å². The fourth-order valence-electron chi connectivity index (χ4n) is 3.82. The second-order valence-electron chi connectivity index (χ2n) is 7.93. The average Bonchev–Trinajstić information content (AvgIpc) is 2.79. The van der Waals surface area contributed by atoms with Gasteiger partial charge in [-0.05, 0) is 56.8 Å². The van der Waals surface area contributed by atoms with Crippen molar-refractivity contribution < 1.29 is 4.39 Å². The molecule has 0 radical (unpaired) electrons. The number of hydrogen-bond donors (Lipinski definition) is 4. The van der Waals surface area contributed by atoms with Crippen molar-refractivity contribution in [2.45, 2.75) is 19.4 Å². The van der Waals surface area contributed by atoms with E-state index in [0.29, 0.717) is 65.6 Å². The molecule has 7 nitrogen and oxygen atoms in total. The van der Waals surface area contributed by atoms with Gasteiger partial charge in [-0.15, -0.1) is 0 Å². The Morgan fingerprint density at radius 1 is 1.28 bits per heavy atom. The standard InChI is InChI=1S/C22H30Cl2FN7/c1-28-12-19(31-11-14-4-6-29-7-5-14)18(26)10-20-22(27)30-8-9-32(20)13-15-16(23)2-3-17(25)21(15)24/h2-3,10,14,29-30H,1,4-9,11-13,26-27H2/b18-10-,31-19+. The summed E-state index contributed by atoms with van der Waals surface area (Å²) in [6.45, 7) is 8.15. The number of halogens is 3. The number of nitrogens with zero attached hydrogens (tertiary/aromatic N) is 3. The normalized spacial score (nSPS) is 18.7. The van der Waals surface area contributed by atoms with Gasteiger partial charge in [0.05, 0.1) is 28.7 Å². The molecule has 2 aliphatic rings. The minimum atomic E-state index is -0.515. The van der Waals surface area contributed by atoms with Crippen LogP contribution in [0.3, 0.4) is 0 Å². The van der Waals surface area contributed by atoms with Crippen LogP contribution in [0.25, 0.3) is 0 Å². The Labute approximate surface area is 198 Å². The molecule has 0 aromatic heterocycles. The number of hydrogen-bond acceptors (Lipinski definition) is 7. The molecule has 1 fully saturated rings. The highest BCUT2D eigenvalue weighted by Crippen LogP contribution is 2.30. The highest BCUT2D eigenvalue weighted by Gasteiger charge is 2.21. The highest BCUT2D eigenvalue weighted by molar-refractivity contribution is 6.36. The van der Waals surface area contributed by atoms with E-state index in [4.69, 9.17) is 39.7 Å². The van der Waals surface area contributed by atoms with E-state index in [1.807, 2.05) is 4.90 Å². The Morgan fingerprint density at radius 3 is 2.75 bits per heavy atom. The number of rotatable bonds is 8. The maximum Gasteiger partial charge on any atom is 0.142 e. The van der Waals surface area contributed by atoms with Crippen molar-refractivity contribution >= 4 is 35.6 Å². The Bertz CT molecular complexity index is 923. The van der Waals surface area contributed by atoms with Gasteiger partial charge >= 0.3 is 0 Å². The van der Waals surface area contributed by atoms with Crippen LogP contribution >= 0.6 is 23.2 Å². The van der Waals surface area contributed by atoms with Gasteiger partial charge in [0.2, 0.25) is 0 Å². The molecule has 0 amide bonds. The van der Waals surface area contributed by atoms with Gasteiger partial charge in [0.25, 0.3) is 0 Å². The van der Waals surface area contributed by atoms with Crippen molar-refractivity contribution in [2.75, 3.05) is 39.3 Å². The first kappa shape index (κ1) is 24.4. The maximum absolute atomic E-state index is 14.0. The van der Waals surface area contributed by atoms with Crippen molar-refractivity contribution in [3.05, 3.63) is 56.8 Å². The molecule has 6 N–H and O–H groups in total. The predicted octanol–water partition coefficient (Wildman–Crippen LogP) is 2.65. The fraction of sp³-hybridized carbons (Fsp3) is 0.455. The molecule has 174 valence electrons. The van der Waals surface area contributed by atoms with Crippen molar-refractivity contribution in [1.82, 2.24) is 15.5 Å². The number of allylic oxidation sites excluding steroid dienone is 1. The summed E-state index contributed by atoms with van der Waals surface area (Å²) in [5, 5.41) is 6.90. The molecule has 0 saturated carbocycles. The van der Waals surface area contributed by atoms with Crippen LogP contribution in [-0.2, 0) is 6.54 Å². The molecule has 0 spiro atoms. The zero-order valence-corrected chi connectivity index (χ0v) is 19.5. The van der Waals surface area contributed by atoms with Crippen LogP contribution < -0.4 is 22.1 Å². The largest absolute Gasteiger partial charge is 0.397 e. The zero-order valence-electron chi connectivity index (χ0n) is 18.0. The van der Waals surface area contributed by atoms with Crippen LogP contribution in [0.1, 0.15) is 18.4 Å². The number of nitrogens with two attached hydrogens (primary N) is 2. The van der Waals surface area contributed by atoms with Gasteiger partial charge < -0.3 is 27.0 Å². The van der Waals surface area contributed by atoms with Gasteiger partial charge in [0, 0.05) is 36.8 Å². The molecular formula is C22H30Cl2FN7. The third-order valence-corrected chi connectivity index (χ3v) is 6.45. The number of nitrogens with one attached hydrogen (secondary N) is 2. The minimum absolute atomic E-state index is 0.00554. The van der Waals surface area contributed by atoms with Crippen molar-refractivity contribution in [3.8, 4) is 0 Å². The first-order valence-corrected chi connectivity index (χ1v) is 11.4. The van der Waals surface area contributed by atoms with E-state index >= 15 is 0 Å². The molecule has 1 aromatic carbocycles. The minimum Gasteiger partial charge on any atom is -0.397 e. The van der Waals surface area contributed by atoms with Gasteiger partial charge in [-0.3, -0.25) is 9.98 Å². The molecule has 2 heterocycles. The van der Waals surface area contributed by atoms with Crippen LogP contribution in [0.5, 0.6) is 0 Å². The second kappa shape index (κ2) is 11.5. The summed E-state index contributed by atoms with van der Waals surface area (Å²) in [6, 6.07) is 2.75. The summed E-state index contributed by atoms with van der Waals surface area (Å²) in [6.07, 6.45) is 3.95. The summed E-state index contributed by atoms with van der Waals surface area (Å²) in [4.78, 5) is 10.7. The summed E-state index contributed by atoms with van der Waals surface area (Å²) in [5.74, 6) is 0.476. The van der Waals surface area contributed by atoms with E-state index in [9.17, 15) is 4.39 Å². The van der Waals surface area contributed by atoms with E-state index in [1.165, 1.54) is 12.1 Å². The first-order valence-electron chi connectivity index (χ1n) is 10.7. The van der Waals surface area contributed by atoms with Crippen molar-refractivity contribution in [3.63, 3.8) is 0 Å². The smallest absolute Gasteiger partial charge is 0.142 e. The summed E-state index contributed by atoms with van der Waals surface area (Å²) >= 11 is 12.5. The Kier molecular flexibility index (Phi) is 8.78. The monoisotopic (exact) mass is 481 g/mol. The summed E-state index contributed by atoms with van der Waals surface area (Å²) in [5.41, 5.74) is 15.0. The lowest BCUT2D eigenvalue weighted by Gasteiger charge is -2.32. The van der Waals surface area contributed by atoms with Crippen LogP contribution in [0.4, 0.5) is 4.39 Å². The van der Waals surface area contributed by atoms with Crippen molar-refractivity contribution in [1.29, 1.82) is 0 Å². The van der Waals surface area contributed by atoms with Gasteiger partial charge in [-0.1, -0.05) is 23.2 Å². The summed E-state index contributed by atoms with van der Waals surface area (Å²) < 4.78 is 14.0. The van der Waals surface area contributed by atoms with Crippen LogP contribution in [0, 0.1) is 11.7 Å². The molecule has 1 aromatic rings. The molecule has 1 saturated heterocycles. The van der Waals surface area contributed by atoms with Gasteiger partial charge in [0.15, 0.2) is 0 Å². The van der Waals surface area contributed by atoms with Gasteiger partial charge in [-0.25, -0.2) is 4.39 Å². The summed E-state index contributed by atoms with van der Waals surface area (Å²) in [7, 11) is 0. The Hall–Kier alpha value is -2.29. The first-order chi connectivity index (χ1) is 15.4. The van der Waals surface area contributed by atoms with Crippen LogP contribution in [0.15, 0.2) is 45.4 Å². The predicted molar refractivity (Wildman–Crippen MR) is 131 cm³/mol. The zero-order chi connectivity index (χ0) is 23.1. The third kappa shape index (κ3) is 6.15. The van der Waals surface area contributed by atoms with E-state index in [-0.39, 0.29) is 11.6 Å². The number of aliphatic imine (C=N–C) groups is 2. The van der Waals surface area contributed by atoms with Gasteiger partial charge in [0.1, 0.15) is 11.6 Å². The lowest BCUT2D eigenvalue weighted by atomic mass is 9.98. The third-order valence-electron chi connectivity index (χ3n) is 5.69. The van der Waals surface area contributed by atoms with E-state index in [0.717, 1.165) is 25.9 Å². The molecule has 3 rings (SSSR count). The molecular weight excluding hydrogens is 452 g/mol. The van der Waals surface area contributed by atoms with E-state index in [2.05, 4.69) is 22.3 Å². The fourth-order valence-corrected chi connectivity index (χ4v) is 4.31. The quantitative estimate of drug-likeness (QED) is 0.337. The van der Waals surface area contributed by atoms with Crippen LogP contribution in [-0.4, -0.2) is 56.6 Å².